The first-order valence-corrected chi connectivity index (χ1v) is 11.8. The lowest BCUT2D eigenvalue weighted by Gasteiger charge is -2.32. The summed E-state index contributed by atoms with van der Waals surface area (Å²) < 4.78 is 21.8. The van der Waals surface area contributed by atoms with Crippen LogP contribution in [0.5, 0.6) is 17.2 Å². The van der Waals surface area contributed by atoms with Gasteiger partial charge in [-0.3, -0.25) is 14.5 Å². The van der Waals surface area contributed by atoms with Crippen molar-refractivity contribution < 1.29 is 33.6 Å². The molecule has 1 atom stereocenters. The maximum absolute atomic E-state index is 13.4. The van der Waals surface area contributed by atoms with E-state index in [1.165, 1.54) is 37.6 Å². The summed E-state index contributed by atoms with van der Waals surface area (Å²) in [5.41, 5.74) is 0.623. The Morgan fingerprint density at radius 3 is 2.35 bits per heavy atom. The number of carbonyl (C=O) groups excluding carboxylic acids is 2. The van der Waals surface area contributed by atoms with E-state index < -0.39 is 17.7 Å². The van der Waals surface area contributed by atoms with Crippen LogP contribution in [-0.4, -0.2) is 87.3 Å². The molecule has 2 aliphatic rings. The SMILES string of the molecule is COc1cc([C@H]2C(C(=O)c3cccs3)=C(O)C(=O)N2CCN2CCOCC2)cc(OC)c1OC. The third-order valence-electron chi connectivity index (χ3n) is 6.06. The monoisotopic (exact) mass is 488 g/mol. The number of hydrogen-bond donors (Lipinski definition) is 1. The number of thiophene rings is 1. The molecule has 0 unspecified atom stereocenters. The molecule has 0 spiro atoms. The van der Waals surface area contributed by atoms with Crippen molar-refractivity contribution in [3.8, 4) is 17.2 Å². The highest BCUT2D eigenvalue weighted by Gasteiger charge is 2.44. The number of rotatable bonds is 9. The fourth-order valence-electron chi connectivity index (χ4n) is 4.34. The Kier molecular flexibility index (Phi) is 7.40. The highest BCUT2D eigenvalue weighted by Crippen LogP contribution is 2.45. The number of aliphatic hydroxyl groups excluding tert-OH is 1. The van der Waals surface area contributed by atoms with E-state index in [0.29, 0.717) is 54.0 Å². The molecular formula is C24H28N2O7S. The van der Waals surface area contributed by atoms with Gasteiger partial charge in [0.2, 0.25) is 11.5 Å². The molecule has 0 saturated carbocycles. The molecule has 1 amide bonds. The van der Waals surface area contributed by atoms with Crippen molar-refractivity contribution in [2.45, 2.75) is 6.04 Å². The number of hydrogen-bond acceptors (Lipinski definition) is 9. The van der Waals surface area contributed by atoms with E-state index in [1.807, 2.05) is 0 Å². The van der Waals surface area contributed by atoms with E-state index in [-0.39, 0.29) is 11.4 Å². The number of ether oxygens (including phenoxy) is 4. The van der Waals surface area contributed by atoms with Gasteiger partial charge in [0.05, 0.1) is 51.0 Å². The van der Waals surface area contributed by atoms with Gasteiger partial charge in [0.15, 0.2) is 17.3 Å². The lowest BCUT2D eigenvalue weighted by atomic mass is 9.94. The number of methoxy groups -OCH3 is 3. The number of ketones is 1. The Hall–Kier alpha value is -3.08. The largest absolute Gasteiger partial charge is 0.503 e. The van der Waals surface area contributed by atoms with Crippen molar-refractivity contribution in [2.75, 3.05) is 60.7 Å². The minimum atomic E-state index is -0.808. The van der Waals surface area contributed by atoms with Gasteiger partial charge < -0.3 is 29.0 Å². The van der Waals surface area contributed by atoms with E-state index in [2.05, 4.69) is 4.90 Å². The van der Waals surface area contributed by atoms with Crippen molar-refractivity contribution in [2.24, 2.45) is 0 Å². The van der Waals surface area contributed by atoms with E-state index in [4.69, 9.17) is 18.9 Å². The van der Waals surface area contributed by atoms with Crippen LogP contribution in [0, 0.1) is 0 Å². The van der Waals surface area contributed by atoms with Crippen LogP contribution < -0.4 is 14.2 Å². The molecule has 1 aromatic carbocycles. The van der Waals surface area contributed by atoms with Gasteiger partial charge in [-0.15, -0.1) is 11.3 Å². The highest BCUT2D eigenvalue weighted by atomic mass is 32.1. The fourth-order valence-corrected chi connectivity index (χ4v) is 5.01. The number of Topliss-reactive ketones (excluding diaryl/α,β-unsaturated/α-hetero) is 1. The molecule has 2 aromatic rings. The van der Waals surface area contributed by atoms with Gasteiger partial charge >= 0.3 is 0 Å². The normalized spacial score (nSPS) is 19.0. The maximum Gasteiger partial charge on any atom is 0.290 e. The van der Waals surface area contributed by atoms with E-state index in [9.17, 15) is 14.7 Å². The van der Waals surface area contributed by atoms with Crippen LogP contribution >= 0.6 is 11.3 Å². The summed E-state index contributed by atoms with van der Waals surface area (Å²) in [5, 5.41) is 12.7. The summed E-state index contributed by atoms with van der Waals surface area (Å²) in [6.07, 6.45) is 0. The molecule has 34 heavy (non-hydrogen) atoms. The van der Waals surface area contributed by atoms with Crippen molar-refractivity contribution in [1.82, 2.24) is 9.80 Å². The quantitative estimate of drug-likeness (QED) is 0.538. The minimum Gasteiger partial charge on any atom is -0.503 e. The van der Waals surface area contributed by atoms with Gasteiger partial charge in [-0.2, -0.15) is 0 Å². The first-order chi connectivity index (χ1) is 16.5. The second-order valence-electron chi connectivity index (χ2n) is 7.88. The topological polar surface area (TPSA) is 97.8 Å². The third kappa shape index (κ3) is 4.48. The van der Waals surface area contributed by atoms with Crippen molar-refractivity contribution in [3.05, 3.63) is 51.4 Å². The average Bonchev–Trinajstić information content (AvgIpc) is 3.49. The van der Waals surface area contributed by atoms with Crippen molar-refractivity contribution in [1.29, 1.82) is 0 Å². The van der Waals surface area contributed by atoms with Gasteiger partial charge in [-0.1, -0.05) is 6.07 Å². The summed E-state index contributed by atoms with van der Waals surface area (Å²) in [6, 6.07) is 6.05. The van der Waals surface area contributed by atoms with Crippen LogP contribution in [0.15, 0.2) is 41.0 Å². The molecule has 0 radical (unpaired) electrons. The van der Waals surface area contributed by atoms with Crippen molar-refractivity contribution in [3.63, 3.8) is 0 Å². The second kappa shape index (κ2) is 10.5. The molecule has 1 fully saturated rings. The molecule has 2 aliphatic heterocycles. The average molecular weight is 489 g/mol. The third-order valence-corrected chi connectivity index (χ3v) is 6.93. The van der Waals surface area contributed by atoms with E-state index in [0.717, 1.165) is 13.1 Å². The standard InChI is InChI=1S/C24H28N2O7S/c1-30-16-13-15(14-17(31-2)23(16)32-3)20-19(21(27)18-5-4-12-34-18)22(28)24(29)26(20)7-6-25-8-10-33-11-9-25/h4-5,12-14,20,28H,6-11H2,1-3H3/t20-/m0/s1. The molecule has 0 bridgehead atoms. The summed E-state index contributed by atoms with van der Waals surface area (Å²) in [7, 11) is 4.51. The molecular weight excluding hydrogens is 460 g/mol. The lowest BCUT2D eigenvalue weighted by Crippen LogP contribution is -2.43. The molecule has 1 saturated heterocycles. The molecule has 10 heteroatoms. The zero-order chi connectivity index (χ0) is 24.2. The first kappa shape index (κ1) is 24.1. The minimum absolute atomic E-state index is 0.0451. The number of aliphatic hydroxyl groups is 1. The Bertz CT molecular complexity index is 1050. The Balaban J connectivity index is 1.77. The summed E-state index contributed by atoms with van der Waals surface area (Å²) in [5.74, 6) is -0.296. The fraction of sp³-hybridized carbons (Fsp3) is 0.417. The molecule has 0 aliphatic carbocycles. The van der Waals surface area contributed by atoms with E-state index in [1.54, 1.807) is 29.6 Å². The highest BCUT2D eigenvalue weighted by molar-refractivity contribution is 7.12. The smallest absolute Gasteiger partial charge is 0.290 e. The van der Waals surface area contributed by atoms with E-state index >= 15 is 0 Å². The molecule has 182 valence electrons. The number of carbonyl (C=O) groups is 2. The van der Waals surface area contributed by atoms with Crippen LogP contribution in [-0.2, 0) is 9.53 Å². The summed E-state index contributed by atoms with van der Waals surface area (Å²) in [6.45, 7) is 3.70. The molecule has 1 N–H and O–H groups in total. The molecule has 1 aromatic heterocycles. The molecule has 9 nitrogen and oxygen atoms in total. The number of benzene rings is 1. The number of morpholine rings is 1. The van der Waals surface area contributed by atoms with Crippen LogP contribution in [0.3, 0.4) is 0 Å². The van der Waals surface area contributed by atoms with Crippen LogP contribution in [0.1, 0.15) is 21.3 Å². The zero-order valence-electron chi connectivity index (χ0n) is 19.4. The Morgan fingerprint density at radius 1 is 1.12 bits per heavy atom. The Labute approximate surface area is 202 Å². The van der Waals surface area contributed by atoms with Crippen LogP contribution in [0.25, 0.3) is 0 Å². The van der Waals surface area contributed by atoms with Gasteiger partial charge in [0, 0.05) is 26.2 Å². The predicted molar refractivity (Wildman–Crippen MR) is 126 cm³/mol. The van der Waals surface area contributed by atoms with Gasteiger partial charge in [-0.05, 0) is 29.1 Å². The first-order valence-electron chi connectivity index (χ1n) is 10.9. The van der Waals surface area contributed by atoms with Crippen LogP contribution in [0.4, 0.5) is 0 Å². The van der Waals surface area contributed by atoms with Gasteiger partial charge in [-0.25, -0.2) is 0 Å². The molecule has 4 rings (SSSR count). The second-order valence-corrected chi connectivity index (χ2v) is 8.83. The molecule has 3 heterocycles. The van der Waals surface area contributed by atoms with Crippen molar-refractivity contribution >= 4 is 23.0 Å². The summed E-state index contributed by atoms with van der Waals surface area (Å²) in [4.78, 5) is 30.8. The maximum atomic E-state index is 13.4. The van der Waals surface area contributed by atoms with Gasteiger partial charge in [0.25, 0.3) is 5.91 Å². The number of amides is 1. The van der Waals surface area contributed by atoms with Crippen LogP contribution in [0.2, 0.25) is 0 Å². The summed E-state index contributed by atoms with van der Waals surface area (Å²) >= 11 is 1.26. The zero-order valence-corrected chi connectivity index (χ0v) is 20.2. The Morgan fingerprint density at radius 2 is 1.79 bits per heavy atom. The lowest BCUT2D eigenvalue weighted by molar-refractivity contribution is -0.129. The van der Waals surface area contributed by atoms with Gasteiger partial charge in [0.1, 0.15) is 0 Å². The number of nitrogens with zero attached hydrogens (tertiary/aromatic N) is 2. The predicted octanol–water partition coefficient (Wildman–Crippen LogP) is 2.68.